The Morgan fingerprint density at radius 2 is 2.00 bits per heavy atom. The zero-order chi connectivity index (χ0) is 17.1. The molecule has 0 radical (unpaired) electrons. The average molecular weight is 367 g/mol. The van der Waals surface area contributed by atoms with E-state index in [1.54, 1.807) is 30.2 Å². The van der Waals surface area contributed by atoms with Gasteiger partial charge in [0.2, 0.25) is 0 Å². The number of nitrogens with zero attached hydrogens (tertiary/aromatic N) is 2. The van der Waals surface area contributed by atoms with Gasteiger partial charge in [-0.25, -0.2) is 9.97 Å². The molecule has 6 heteroatoms. The number of H-pyrrole nitrogens is 1. The van der Waals surface area contributed by atoms with Crippen molar-refractivity contribution in [2.75, 3.05) is 7.11 Å². The predicted octanol–water partition coefficient (Wildman–Crippen LogP) is 4.91. The van der Waals surface area contributed by atoms with Gasteiger partial charge in [-0.2, -0.15) is 0 Å². The first-order valence-corrected chi connectivity index (χ1v) is 9.80. The van der Waals surface area contributed by atoms with Crippen LogP contribution in [-0.2, 0) is 12.2 Å². The smallest absolute Gasteiger partial charge is 0.166 e. The highest BCUT2D eigenvalue weighted by Crippen LogP contribution is 2.26. The first-order chi connectivity index (χ1) is 12.3. The van der Waals surface area contributed by atoms with E-state index in [2.05, 4.69) is 39.6 Å². The van der Waals surface area contributed by atoms with E-state index in [4.69, 9.17) is 9.72 Å². The van der Waals surface area contributed by atoms with Gasteiger partial charge in [0.05, 0.1) is 28.8 Å². The van der Waals surface area contributed by atoms with E-state index in [0.717, 1.165) is 44.8 Å². The molecule has 0 amide bonds. The van der Waals surface area contributed by atoms with Crippen LogP contribution in [0.1, 0.15) is 16.3 Å². The number of rotatable bonds is 6. The third-order valence-electron chi connectivity index (χ3n) is 3.82. The highest BCUT2D eigenvalue weighted by atomic mass is 32.2. The number of thioether (sulfide) groups is 1. The number of hydrogen-bond acceptors (Lipinski definition) is 5. The number of thiazole rings is 1. The molecule has 1 N–H and O–H groups in total. The van der Waals surface area contributed by atoms with E-state index in [1.807, 2.05) is 24.3 Å². The lowest BCUT2D eigenvalue weighted by atomic mass is 10.2. The minimum Gasteiger partial charge on any atom is -0.497 e. The lowest BCUT2D eigenvalue weighted by Gasteiger charge is -1.97. The van der Waals surface area contributed by atoms with E-state index in [1.165, 1.54) is 5.56 Å². The van der Waals surface area contributed by atoms with Gasteiger partial charge in [-0.05, 0) is 17.7 Å². The second-order valence-corrected chi connectivity index (χ2v) is 7.52. The molecular weight excluding hydrogens is 350 g/mol. The van der Waals surface area contributed by atoms with Crippen molar-refractivity contribution in [1.29, 1.82) is 0 Å². The quantitative estimate of drug-likeness (QED) is 0.492. The summed E-state index contributed by atoms with van der Waals surface area (Å²) in [5.41, 5.74) is 4.33. The largest absolute Gasteiger partial charge is 0.497 e. The lowest BCUT2D eigenvalue weighted by molar-refractivity contribution is 0.415. The van der Waals surface area contributed by atoms with Gasteiger partial charge in [-0.15, -0.1) is 11.3 Å². The van der Waals surface area contributed by atoms with E-state index >= 15 is 0 Å². The maximum absolute atomic E-state index is 5.25. The number of aromatic nitrogens is 3. The first-order valence-electron chi connectivity index (χ1n) is 7.94. The molecule has 0 aliphatic rings. The van der Waals surface area contributed by atoms with Crippen molar-refractivity contribution < 1.29 is 4.74 Å². The molecule has 0 aliphatic carbocycles. The summed E-state index contributed by atoms with van der Waals surface area (Å²) >= 11 is 3.39. The zero-order valence-electron chi connectivity index (χ0n) is 13.7. The van der Waals surface area contributed by atoms with Crippen LogP contribution >= 0.6 is 23.1 Å². The van der Waals surface area contributed by atoms with Crippen molar-refractivity contribution in [1.82, 2.24) is 15.0 Å². The molecule has 0 spiro atoms. The molecule has 0 unspecified atom stereocenters. The molecule has 2 aromatic carbocycles. The molecule has 0 saturated carbocycles. The van der Waals surface area contributed by atoms with Crippen LogP contribution in [-0.4, -0.2) is 22.1 Å². The third-order valence-corrected chi connectivity index (χ3v) is 5.63. The Kier molecular flexibility index (Phi) is 4.72. The van der Waals surface area contributed by atoms with Crippen LogP contribution in [0.5, 0.6) is 5.75 Å². The second kappa shape index (κ2) is 7.29. The Hall–Kier alpha value is -2.31. The predicted molar refractivity (Wildman–Crippen MR) is 104 cm³/mol. The molecule has 4 rings (SSSR count). The number of benzene rings is 2. The van der Waals surface area contributed by atoms with Crippen LogP contribution in [0.3, 0.4) is 0 Å². The average Bonchev–Trinajstić information content (AvgIpc) is 3.26. The highest BCUT2D eigenvalue weighted by Gasteiger charge is 2.08. The van der Waals surface area contributed by atoms with E-state index < -0.39 is 0 Å². The molecule has 2 heterocycles. The number of fused-ring (bicyclic) bond motifs is 1. The first kappa shape index (κ1) is 16.2. The number of ether oxygens (including phenoxy) is 1. The van der Waals surface area contributed by atoms with Gasteiger partial charge < -0.3 is 9.72 Å². The molecule has 4 aromatic rings. The molecule has 2 aromatic heterocycles. The number of nitrogens with one attached hydrogen (secondary N) is 1. The number of methoxy groups -OCH3 is 1. The Balaban J connectivity index is 1.41. The fourth-order valence-electron chi connectivity index (χ4n) is 2.57. The van der Waals surface area contributed by atoms with E-state index in [-0.39, 0.29) is 0 Å². The van der Waals surface area contributed by atoms with Crippen molar-refractivity contribution >= 4 is 34.1 Å². The van der Waals surface area contributed by atoms with Crippen LogP contribution in [0.2, 0.25) is 0 Å². The molecule has 0 atom stereocenters. The molecular formula is C19H17N3OS2. The number of imidazole rings is 1. The summed E-state index contributed by atoms with van der Waals surface area (Å²) in [4.78, 5) is 12.7. The lowest BCUT2D eigenvalue weighted by Crippen LogP contribution is -1.88. The van der Waals surface area contributed by atoms with Crippen LogP contribution in [0.15, 0.2) is 59.1 Å². The second-order valence-electron chi connectivity index (χ2n) is 5.61. The molecule has 0 bridgehead atoms. The summed E-state index contributed by atoms with van der Waals surface area (Å²) in [5.74, 6) is 1.64. The van der Waals surface area contributed by atoms with Gasteiger partial charge in [0.1, 0.15) is 5.75 Å². The standard InChI is InChI=1S/C19H17N3OS2/c1-23-15-7-8-16-17(10-15)22-19(21-16)25-12-14-11-24-18(20-14)9-13-5-3-2-4-6-13/h2-8,10-11H,9,12H2,1H3,(H,21,22). The maximum Gasteiger partial charge on any atom is 0.166 e. The van der Waals surface area contributed by atoms with Crippen LogP contribution in [0.4, 0.5) is 0 Å². The molecule has 0 aliphatic heterocycles. The van der Waals surface area contributed by atoms with Gasteiger partial charge in [-0.3, -0.25) is 0 Å². The third kappa shape index (κ3) is 3.86. The fourth-order valence-corrected chi connectivity index (χ4v) is 4.28. The molecule has 0 fully saturated rings. The SMILES string of the molecule is COc1ccc2nc(SCc3csc(Cc4ccccc4)n3)[nH]c2c1. The van der Waals surface area contributed by atoms with Gasteiger partial charge in [0.25, 0.3) is 0 Å². The van der Waals surface area contributed by atoms with Crippen LogP contribution in [0.25, 0.3) is 11.0 Å². The topological polar surface area (TPSA) is 50.8 Å². The minimum atomic E-state index is 0.808. The van der Waals surface area contributed by atoms with Crippen molar-refractivity contribution in [3.8, 4) is 5.75 Å². The summed E-state index contributed by atoms with van der Waals surface area (Å²) in [5, 5.41) is 4.19. The summed E-state index contributed by atoms with van der Waals surface area (Å²) in [7, 11) is 1.67. The Morgan fingerprint density at radius 3 is 2.84 bits per heavy atom. The molecule has 0 saturated heterocycles. The van der Waals surface area contributed by atoms with E-state index in [9.17, 15) is 0 Å². The summed E-state index contributed by atoms with van der Waals surface area (Å²) in [6, 6.07) is 16.3. The van der Waals surface area contributed by atoms with Crippen LogP contribution in [0, 0.1) is 0 Å². The minimum absolute atomic E-state index is 0.808. The molecule has 25 heavy (non-hydrogen) atoms. The number of aromatic amines is 1. The van der Waals surface area contributed by atoms with Crippen molar-refractivity contribution in [3.63, 3.8) is 0 Å². The normalized spacial score (nSPS) is 11.1. The fraction of sp³-hybridized carbons (Fsp3) is 0.158. The van der Waals surface area contributed by atoms with E-state index in [0.29, 0.717) is 0 Å². The monoisotopic (exact) mass is 367 g/mol. The number of hydrogen-bond donors (Lipinski definition) is 1. The Morgan fingerprint density at radius 1 is 1.12 bits per heavy atom. The summed E-state index contributed by atoms with van der Waals surface area (Å²) in [6.07, 6.45) is 0.889. The highest BCUT2D eigenvalue weighted by molar-refractivity contribution is 7.98. The zero-order valence-corrected chi connectivity index (χ0v) is 15.4. The van der Waals surface area contributed by atoms with Gasteiger partial charge in [-0.1, -0.05) is 42.1 Å². The summed E-state index contributed by atoms with van der Waals surface area (Å²) < 4.78 is 5.25. The van der Waals surface area contributed by atoms with Gasteiger partial charge in [0.15, 0.2) is 5.16 Å². The molecule has 126 valence electrons. The molecule has 4 nitrogen and oxygen atoms in total. The van der Waals surface area contributed by atoms with Crippen molar-refractivity contribution in [2.45, 2.75) is 17.3 Å². The Bertz CT molecular complexity index is 979. The van der Waals surface area contributed by atoms with Crippen molar-refractivity contribution in [3.05, 3.63) is 70.2 Å². The maximum atomic E-state index is 5.25. The summed E-state index contributed by atoms with van der Waals surface area (Å²) in [6.45, 7) is 0. The van der Waals surface area contributed by atoms with Crippen LogP contribution < -0.4 is 4.74 Å². The van der Waals surface area contributed by atoms with Gasteiger partial charge >= 0.3 is 0 Å². The van der Waals surface area contributed by atoms with Gasteiger partial charge in [0, 0.05) is 23.6 Å². The Labute approximate surface area is 154 Å². The van der Waals surface area contributed by atoms with Crippen molar-refractivity contribution in [2.24, 2.45) is 0 Å².